The van der Waals surface area contributed by atoms with Crippen LogP contribution in [0.2, 0.25) is 0 Å². The molecule has 0 spiro atoms. The Bertz CT molecular complexity index is 470. The molecule has 1 aromatic rings. The Balaban J connectivity index is 1.79. The van der Waals surface area contributed by atoms with Gasteiger partial charge in [0.05, 0.1) is 0 Å². The number of ether oxygens (including phenoxy) is 1. The molecule has 1 amide bonds. The van der Waals surface area contributed by atoms with E-state index in [0.717, 1.165) is 23.6 Å². The Kier molecular flexibility index (Phi) is 5.01. The SMILES string of the molecule is Cc1c(N)cccc1NC(=O)C(C)OCCC1CCC1. The molecule has 1 atom stereocenters. The first-order valence-corrected chi connectivity index (χ1v) is 7.35. The van der Waals surface area contributed by atoms with Crippen molar-refractivity contribution in [2.75, 3.05) is 17.7 Å². The summed E-state index contributed by atoms with van der Waals surface area (Å²) in [4.78, 5) is 12.1. The van der Waals surface area contributed by atoms with Gasteiger partial charge >= 0.3 is 0 Å². The summed E-state index contributed by atoms with van der Waals surface area (Å²) < 4.78 is 5.61. The molecule has 0 aromatic heterocycles. The van der Waals surface area contributed by atoms with Gasteiger partial charge in [-0.05, 0) is 43.9 Å². The van der Waals surface area contributed by atoms with Crippen LogP contribution in [-0.2, 0) is 9.53 Å². The lowest BCUT2D eigenvalue weighted by Gasteiger charge is -2.25. The lowest BCUT2D eigenvalue weighted by molar-refractivity contribution is -0.126. The quantitative estimate of drug-likeness (QED) is 0.785. The third kappa shape index (κ3) is 3.73. The van der Waals surface area contributed by atoms with Gasteiger partial charge in [0.25, 0.3) is 5.91 Å². The summed E-state index contributed by atoms with van der Waals surface area (Å²) in [5.41, 5.74) is 8.15. The van der Waals surface area contributed by atoms with E-state index >= 15 is 0 Å². The maximum atomic E-state index is 12.1. The van der Waals surface area contributed by atoms with Gasteiger partial charge in [-0.15, -0.1) is 0 Å². The van der Waals surface area contributed by atoms with Crippen molar-refractivity contribution in [3.8, 4) is 0 Å². The van der Waals surface area contributed by atoms with E-state index < -0.39 is 6.10 Å². The molecular formula is C16H24N2O2. The molecule has 110 valence electrons. The van der Waals surface area contributed by atoms with E-state index in [-0.39, 0.29) is 5.91 Å². The Labute approximate surface area is 120 Å². The van der Waals surface area contributed by atoms with Crippen LogP contribution in [0.3, 0.4) is 0 Å². The number of nitrogens with two attached hydrogens (primary N) is 1. The van der Waals surface area contributed by atoms with E-state index in [1.807, 2.05) is 25.1 Å². The molecule has 1 aliphatic rings. The zero-order valence-electron chi connectivity index (χ0n) is 12.3. The number of rotatable bonds is 6. The van der Waals surface area contributed by atoms with Gasteiger partial charge in [0, 0.05) is 18.0 Å². The Morgan fingerprint density at radius 2 is 2.25 bits per heavy atom. The first-order chi connectivity index (χ1) is 9.58. The number of hydrogen-bond donors (Lipinski definition) is 2. The molecule has 1 aliphatic carbocycles. The number of amides is 1. The second-order valence-corrected chi connectivity index (χ2v) is 5.61. The van der Waals surface area contributed by atoms with Crippen LogP contribution in [0.5, 0.6) is 0 Å². The van der Waals surface area contributed by atoms with E-state index in [4.69, 9.17) is 10.5 Å². The topological polar surface area (TPSA) is 64.3 Å². The molecule has 1 aromatic carbocycles. The molecular weight excluding hydrogens is 252 g/mol. The highest BCUT2D eigenvalue weighted by Crippen LogP contribution is 2.29. The third-order valence-corrected chi connectivity index (χ3v) is 4.12. The molecule has 0 heterocycles. The Morgan fingerprint density at radius 3 is 2.90 bits per heavy atom. The molecule has 0 saturated heterocycles. The number of anilines is 2. The fraction of sp³-hybridized carbons (Fsp3) is 0.562. The van der Waals surface area contributed by atoms with Gasteiger partial charge in [-0.25, -0.2) is 0 Å². The first-order valence-electron chi connectivity index (χ1n) is 7.35. The van der Waals surface area contributed by atoms with E-state index in [9.17, 15) is 4.79 Å². The number of nitrogen functional groups attached to an aromatic ring is 1. The molecule has 1 unspecified atom stereocenters. The predicted octanol–water partition coefficient (Wildman–Crippen LogP) is 3.11. The summed E-state index contributed by atoms with van der Waals surface area (Å²) in [6.45, 7) is 4.35. The van der Waals surface area contributed by atoms with E-state index in [1.54, 1.807) is 6.92 Å². The zero-order valence-corrected chi connectivity index (χ0v) is 12.3. The summed E-state index contributed by atoms with van der Waals surface area (Å²) in [6.07, 6.45) is 4.60. The van der Waals surface area contributed by atoms with Crippen LogP contribution in [0.25, 0.3) is 0 Å². The molecule has 1 fully saturated rings. The van der Waals surface area contributed by atoms with Crippen molar-refractivity contribution in [3.05, 3.63) is 23.8 Å². The Morgan fingerprint density at radius 1 is 1.50 bits per heavy atom. The first kappa shape index (κ1) is 14.9. The average Bonchev–Trinajstić information content (AvgIpc) is 2.37. The van der Waals surface area contributed by atoms with Crippen molar-refractivity contribution in [1.82, 2.24) is 0 Å². The summed E-state index contributed by atoms with van der Waals surface area (Å²) in [5, 5.41) is 2.87. The van der Waals surface area contributed by atoms with E-state index in [0.29, 0.717) is 12.3 Å². The van der Waals surface area contributed by atoms with Crippen molar-refractivity contribution < 1.29 is 9.53 Å². The minimum Gasteiger partial charge on any atom is -0.398 e. The van der Waals surface area contributed by atoms with E-state index in [2.05, 4.69) is 5.32 Å². The zero-order chi connectivity index (χ0) is 14.5. The Hall–Kier alpha value is -1.55. The number of benzene rings is 1. The maximum absolute atomic E-state index is 12.1. The predicted molar refractivity (Wildman–Crippen MR) is 81.6 cm³/mol. The molecule has 4 nitrogen and oxygen atoms in total. The van der Waals surface area contributed by atoms with Gasteiger partial charge in [-0.2, -0.15) is 0 Å². The van der Waals surface area contributed by atoms with Gasteiger partial charge in [-0.1, -0.05) is 25.3 Å². The van der Waals surface area contributed by atoms with Gasteiger partial charge in [0.2, 0.25) is 0 Å². The molecule has 4 heteroatoms. The highest BCUT2D eigenvalue weighted by atomic mass is 16.5. The summed E-state index contributed by atoms with van der Waals surface area (Å²) in [5.74, 6) is 0.689. The molecule has 3 N–H and O–H groups in total. The summed E-state index contributed by atoms with van der Waals surface area (Å²) >= 11 is 0. The van der Waals surface area contributed by atoms with Gasteiger partial charge in [-0.3, -0.25) is 4.79 Å². The smallest absolute Gasteiger partial charge is 0.253 e. The van der Waals surface area contributed by atoms with Gasteiger partial charge in [0.1, 0.15) is 6.10 Å². The molecule has 1 saturated carbocycles. The highest BCUT2D eigenvalue weighted by molar-refractivity contribution is 5.95. The summed E-state index contributed by atoms with van der Waals surface area (Å²) in [6, 6.07) is 5.51. The number of carbonyl (C=O) groups is 1. The van der Waals surface area contributed by atoms with Crippen molar-refractivity contribution in [1.29, 1.82) is 0 Å². The van der Waals surface area contributed by atoms with E-state index in [1.165, 1.54) is 19.3 Å². The number of nitrogens with one attached hydrogen (secondary N) is 1. The van der Waals surface area contributed by atoms with Crippen molar-refractivity contribution in [2.45, 2.75) is 45.6 Å². The average molecular weight is 276 g/mol. The molecule has 0 radical (unpaired) electrons. The highest BCUT2D eigenvalue weighted by Gasteiger charge is 2.19. The molecule has 20 heavy (non-hydrogen) atoms. The molecule has 0 bridgehead atoms. The van der Waals surface area contributed by atoms with Gasteiger partial charge in [0.15, 0.2) is 0 Å². The second kappa shape index (κ2) is 6.75. The fourth-order valence-corrected chi connectivity index (χ4v) is 2.29. The van der Waals surface area contributed by atoms with Crippen LogP contribution >= 0.6 is 0 Å². The minimum absolute atomic E-state index is 0.118. The molecule has 2 rings (SSSR count). The standard InChI is InChI=1S/C16H24N2O2/c1-11-14(17)7-4-8-15(11)18-16(19)12(2)20-10-9-13-5-3-6-13/h4,7-8,12-13H,3,5-6,9-10,17H2,1-2H3,(H,18,19). The summed E-state index contributed by atoms with van der Waals surface area (Å²) in [7, 11) is 0. The van der Waals surface area contributed by atoms with Crippen molar-refractivity contribution in [3.63, 3.8) is 0 Å². The number of carbonyl (C=O) groups excluding carboxylic acids is 1. The van der Waals surface area contributed by atoms with Gasteiger partial charge < -0.3 is 15.8 Å². The van der Waals surface area contributed by atoms with Crippen LogP contribution < -0.4 is 11.1 Å². The van der Waals surface area contributed by atoms with Crippen LogP contribution in [0.15, 0.2) is 18.2 Å². The second-order valence-electron chi connectivity index (χ2n) is 5.61. The van der Waals surface area contributed by atoms with Crippen LogP contribution in [-0.4, -0.2) is 18.6 Å². The van der Waals surface area contributed by atoms with Crippen LogP contribution in [0, 0.1) is 12.8 Å². The monoisotopic (exact) mass is 276 g/mol. The lowest BCUT2D eigenvalue weighted by atomic mass is 9.83. The van der Waals surface area contributed by atoms with Crippen molar-refractivity contribution in [2.24, 2.45) is 5.92 Å². The minimum atomic E-state index is -0.434. The fourth-order valence-electron chi connectivity index (χ4n) is 2.29. The van der Waals surface area contributed by atoms with Crippen molar-refractivity contribution >= 4 is 17.3 Å². The normalized spacial score (nSPS) is 16.5. The number of hydrogen-bond acceptors (Lipinski definition) is 3. The van der Waals surface area contributed by atoms with Crippen LogP contribution in [0.4, 0.5) is 11.4 Å². The third-order valence-electron chi connectivity index (χ3n) is 4.12. The van der Waals surface area contributed by atoms with Crippen LogP contribution in [0.1, 0.15) is 38.2 Å². The maximum Gasteiger partial charge on any atom is 0.253 e. The molecule has 0 aliphatic heterocycles. The lowest BCUT2D eigenvalue weighted by Crippen LogP contribution is -2.29. The largest absolute Gasteiger partial charge is 0.398 e.